The van der Waals surface area contributed by atoms with Crippen LogP contribution in [0.4, 0.5) is 5.69 Å². The van der Waals surface area contributed by atoms with E-state index in [0.717, 1.165) is 25.9 Å². The van der Waals surface area contributed by atoms with Gasteiger partial charge in [0, 0.05) is 24.8 Å². The summed E-state index contributed by atoms with van der Waals surface area (Å²) in [5.41, 5.74) is 13.0. The number of aryl methyl sites for hydroxylation is 2. The summed E-state index contributed by atoms with van der Waals surface area (Å²) in [5.74, 6) is 0. The van der Waals surface area contributed by atoms with Gasteiger partial charge in [0.2, 0.25) is 0 Å². The van der Waals surface area contributed by atoms with Crippen molar-refractivity contribution < 1.29 is 0 Å². The van der Waals surface area contributed by atoms with Gasteiger partial charge in [0.25, 0.3) is 0 Å². The molecule has 2 aromatic carbocycles. The van der Waals surface area contributed by atoms with Gasteiger partial charge in [-0.3, -0.25) is 0 Å². The summed E-state index contributed by atoms with van der Waals surface area (Å²) in [4.78, 5) is 2.48. The summed E-state index contributed by atoms with van der Waals surface area (Å²) in [7, 11) is 0. The average molecular weight is 280 g/mol. The molecule has 2 aromatic rings. The van der Waals surface area contributed by atoms with Crippen molar-refractivity contribution in [2.45, 2.75) is 39.3 Å². The Labute approximate surface area is 127 Å². The first-order valence-electron chi connectivity index (χ1n) is 7.81. The molecule has 0 saturated carbocycles. The van der Waals surface area contributed by atoms with Crippen molar-refractivity contribution in [2.24, 2.45) is 5.73 Å². The molecule has 1 atom stereocenters. The highest BCUT2D eigenvalue weighted by atomic mass is 15.1. The molecule has 0 spiro atoms. The summed E-state index contributed by atoms with van der Waals surface area (Å²) in [6, 6.07) is 15.5. The smallest absolute Gasteiger partial charge is 0.0429 e. The fourth-order valence-corrected chi connectivity index (χ4v) is 3.15. The van der Waals surface area contributed by atoms with Gasteiger partial charge in [-0.05, 0) is 55.0 Å². The minimum Gasteiger partial charge on any atom is -0.367 e. The quantitative estimate of drug-likeness (QED) is 0.897. The van der Waals surface area contributed by atoms with Crippen molar-refractivity contribution in [2.75, 3.05) is 11.4 Å². The lowest BCUT2D eigenvalue weighted by Crippen LogP contribution is -2.23. The van der Waals surface area contributed by atoms with Crippen LogP contribution in [0.5, 0.6) is 0 Å². The summed E-state index contributed by atoms with van der Waals surface area (Å²) in [6.45, 7) is 6.40. The maximum Gasteiger partial charge on any atom is 0.0429 e. The molecule has 0 aromatic heterocycles. The first-order valence-corrected chi connectivity index (χ1v) is 7.81. The first kappa shape index (κ1) is 14.2. The zero-order valence-corrected chi connectivity index (χ0v) is 13.0. The Morgan fingerprint density at radius 2 is 1.90 bits per heavy atom. The van der Waals surface area contributed by atoms with Gasteiger partial charge in [0.15, 0.2) is 0 Å². The van der Waals surface area contributed by atoms with E-state index < -0.39 is 0 Å². The highest BCUT2D eigenvalue weighted by Gasteiger charge is 2.20. The van der Waals surface area contributed by atoms with Crippen LogP contribution in [0.15, 0.2) is 42.5 Å². The Bertz CT molecular complexity index is 633. The number of anilines is 1. The van der Waals surface area contributed by atoms with Crippen LogP contribution < -0.4 is 10.6 Å². The van der Waals surface area contributed by atoms with E-state index in [2.05, 4.69) is 61.2 Å². The third-order valence-corrected chi connectivity index (χ3v) is 4.56. The molecular weight excluding hydrogens is 256 g/mol. The Balaban J connectivity index is 1.91. The van der Waals surface area contributed by atoms with E-state index in [-0.39, 0.29) is 6.04 Å². The summed E-state index contributed by atoms with van der Waals surface area (Å²) in [6.07, 6.45) is 2.22. The van der Waals surface area contributed by atoms with Gasteiger partial charge < -0.3 is 10.6 Å². The Kier molecular flexibility index (Phi) is 3.98. The number of nitrogens with zero attached hydrogens (tertiary/aromatic N) is 1. The number of fused-ring (bicyclic) bond motifs is 1. The fourth-order valence-electron chi connectivity index (χ4n) is 3.15. The fraction of sp³-hybridized carbons (Fsp3) is 0.368. The van der Waals surface area contributed by atoms with Gasteiger partial charge in [0.05, 0.1) is 0 Å². The lowest BCUT2D eigenvalue weighted by molar-refractivity contribution is 0.626. The minimum atomic E-state index is 0.172. The van der Waals surface area contributed by atoms with Crippen LogP contribution in [-0.4, -0.2) is 6.54 Å². The molecule has 2 N–H and O–H groups in total. The van der Waals surface area contributed by atoms with Gasteiger partial charge in [-0.25, -0.2) is 0 Å². The number of hydrogen-bond acceptors (Lipinski definition) is 2. The van der Waals surface area contributed by atoms with Crippen LogP contribution >= 0.6 is 0 Å². The van der Waals surface area contributed by atoms with Crippen LogP contribution in [0.25, 0.3) is 0 Å². The van der Waals surface area contributed by atoms with Crippen molar-refractivity contribution in [1.82, 2.24) is 0 Å². The Morgan fingerprint density at radius 1 is 1.10 bits per heavy atom. The SMILES string of the molecule is Cc1ccc(CN2CCCC(N)c3ccccc32)cc1C. The second-order valence-electron chi connectivity index (χ2n) is 6.15. The molecule has 1 heterocycles. The molecule has 1 unspecified atom stereocenters. The van der Waals surface area contributed by atoms with Crippen LogP contribution in [0.1, 0.15) is 41.1 Å². The molecule has 1 aliphatic heterocycles. The number of hydrogen-bond donors (Lipinski definition) is 1. The molecular formula is C19H24N2. The average Bonchev–Trinajstić information content (AvgIpc) is 2.64. The Hall–Kier alpha value is -1.80. The van der Waals surface area contributed by atoms with E-state index in [9.17, 15) is 0 Å². The molecule has 0 radical (unpaired) electrons. The maximum atomic E-state index is 6.32. The van der Waals surface area contributed by atoms with E-state index in [4.69, 9.17) is 5.73 Å². The van der Waals surface area contributed by atoms with Gasteiger partial charge in [0.1, 0.15) is 0 Å². The van der Waals surface area contributed by atoms with Crippen LogP contribution in [0, 0.1) is 13.8 Å². The lowest BCUT2D eigenvalue weighted by atomic mass is 10.0. The van der Waals surface area contributed by atoms with E-state index in [1.54, 1.807) is 0 Å². The van der Waals surface area contributed by atoms with Crippen molar-refractivity contribution in [3.8, 4) is 0 Å². The molecule has 21 heavy (non-hydrogen) atoms. The molecule has 3 rings (SSSR count). The highest BCUT2D eigenvalue weighted by Crippen LogP contribution is 2.32. The second-order valence-corrected chi connectivity index (χ2v) is 6.15. The number of rotatable bonds is 2. The molecule has 0 saturated heterocycles. The minimum absolute atomic E-state index is 0.172. The molecule has 1 aliphatic rings. The summed E-state index contributed by atoms with van der Waals surface area (Å²) < 4.78 is 0. The molecule has 2 nitrogen and oxygen atoms in total. The number of nitrogens with two attached hydrogens (primary N) is 1. The predicted molar refractivity (Wildman–Crippen MR) is 89.6 cm³/mol. The zero-order valence-electron chi connectivity index (χ0n) is 13.0. The van der Waals surface area contributed by atoms with E-state index >= 15 is 0 Å². The van der Waals surface area contributed by atoms with Crippen LogP contribution in [0.2, 0.25) is 0 Å². The third kappa shape index (κ3) is 2.96. The van der Waals surface area contributed by atoms with Gasteiger partial charge in [-0.1, -0.05) is 36.4 Å². The van der Waals surface area contributed by atoms with Gasteiger partial charge in [-0.2, -0.15) is 0 Å². The van der Waals surface area contributed by atoms with Gasteiger partial charge in [-0.15, -0.1) is 0 Å². The number of para-hydroxylation sites is 1. The van der Waals surface area contributed by atoms with Crippen molar-refractivity contribution in [3.05, 3.63) is 64.7 Å². The Morgan fingerprint density at radius 3 is 2.71 bits per heavy atom. The summed E-state index contributed by atoms with van der Waals surface area (Å²) >= 11 is 0. The van der Waals surface area contributed by atoms with Gasteiger partial charge >= 0.3 is 0 Å². The van der Waals surface area contributed by atoms with E-state index in [1.165, 1.54) is 27.9 Å². The summed E-state index contributed by atoms with van der Waals surface area (Å²) in [5, 5.41) is 0. The van der Waals surface area contributed by atoms with Crippen molar-refractivity contribution in [1.29, 1.82) is 0 Å². The van der Waals surface area contributed by atoms with E-state index in [0.29, 0.717) is 0 Å². The van der Waals surface area contributed by atoms with E-state index in [1.807, 2.05) is 0 Å². The standard InChI is InChI=1S/C19H24N2/c1-14-9-10-16(12-15(14)2)13-21-11-5-7-18(20)17-6-3-4-8-19(17)21/h3-4,6,8-10,12,18H,5,7,11,13,20H2,1-2H3. The van der Waals surface area contributed by atoms with Crippen molar-refractivity contribution in [3.63, 3.8) is 0 Å². The molecule has 2 heteroatoms. The van der Waals surface area contributed by atoms with Crippen LogP contribution in [0.3, 0.4) is 0 Å². The number of benzene rings is 2. The molecule has 110 valence electrons. The zero-order chi connectivity index (χ0) is 14.8. The normalized spacial score (nSPS) is 18.2. The molecule has 0 bridgehead atoms. The predicted octanol–water partition coefficient (Wildman–Crippen LogP) is 4.10. The third-order valence-electron chi connectivity index (χ3n) is 4.56. The van der Waals surface area contributed by atoms with Crippen molar-refractivity contribution >= 4 is 5.69 Å². The lowest BCUT2D eigenvalue weighted by Gasteiger charge is -2.25. The second kappa shape index (κ2) is 5.90. The maximum absolute atomic E-state index is 6.32. The largest absolute Gasteiger partial charge is 0.367 e. The monoisotopic (exact) mass is 280 g/mol. The topological polar surface area (TPSA) is 29.3 Å². The molecule has 0 fully saturated rings. The highest BCUT2D eigenvalue weighted by molar-refractivity contribution is 5.56. The molecule has 0 amide bonds. The molecule has 0 aliphatic carbocycles. The van der Waals surface area contributed by atoms with Crippen LogP contribution in [-0.2, 0) is 6.54 Å². The first-order chi connectivity index (χ1) is 10.1.